The van der Waals surface area contributed by atoms with Gasteiger partial charge in [-0.1, -0.05) is 31.4 Å². The van der Waals surface area contributed by atoms with Crippen molar-refractivity contribution in [2.24, 2.45) is 4.99 Å². The molecule has 0 aliphatic rings. The molecular formula is C14H14N2. The molecule has 1 aromatic rings. The molecule has 16 heavy (non-hydrogen) atoms. The van der Waals surface area contributed by atoms with Crippen molar-refractivity contribution in [2.45, 2.75) is 13.8 Å². The Morgan fingerprint density at radius 3 is 2.56 bits per heavy atom. The highest BCUT2D eigenvalue weighted by Crippen LogP contribution is 2.15. The predicted octanol–water partition coefficient (Wildman–Crippen LogP) is 3.42. The van der Waals surface area contributed by atoms with Crippen molar-refractivity contribution in [3.63, 3.8) is 0 Å². The molecule has 0 radical (unpaired) electrons. The maximum Gasteiger partial charge on any atom is 0.133 e. The summed E-state index contributed by atoms with van der Waals surface area (Å²) in [5, 5.41) is 8.51. The van der Waals surface area contributed by atoms with Crippen LogP contribution in [0.15, 0.2) is 42.0 Å². The normalized spacial score (nSPS) is 10.1. The van der Waals surface area contributed by atoms with Crippen molar-refractivity contribution in [1.82, 2.24) is 0 Å². The van der Waals surface area contributed by atoms with Crippen molar-refractivity contribution in [2.75, 3.05) is 0 Å². The van der Waals surface area contributed by atoms with E-state index in [0.29, 0.717) is 0 Å². The lowest BCUT2D eigenvalue weighted by Crippen LogP contribution is -1.88. The minimum Gasteiger partial charge on any atom is -0.246 e. The van der Waals surface area contributed by atoms with E-state index in [1.165, 1.54) is 11.1 Å². The molecular weight excluding hydrogens is 196 g/mol. The van der Waals surface area contributed by atoms with Crippen LogP contribution in [0.5, 0.6) is 0 Å². The van der Waals surface area contributed by atoms with Gasteiger partial charge in [-0.15, -0.1) is 0 Å². The highest BCUT2D eigenvalue weighted by atomic mass is 14.7. The van der Waals surface area contributed by atoms with Gasteiger partial charge in [0.15, 0.2) is 0 Å². The third-order valence-electron chi connectivity index (χ3n) is 2.38. The van der Waals surface area contributed by atoms with Crippen LogP contribution in [0.2, 0.25) is 0 Å². The molecule has 0 bridgehead atoms. The Balaban J connectivity index is 2.90. The average Bonchev–Trinajstić information content (AvgIpc) is 2.29. The summed E-state index contributed by atoms with van der Waals surface area (Å²) in [6, 6.07) is 7.95. The highest BCUT2D eigenvalue weighted by Gasteiger charge is 1.98. The van der Waals surface area contributed by atoms with Gasteiger partial charge >= 0.3 is 0 Å². The molecule has 0 N–H and O–H groups in total. The Kier molecular flexibility index (Phi) is 3.79. The van der Waals surface area contributed by atoms with Crippen LogP contribution in [0.3, 0.4) is 0 Å². The van der Waals surface area contributed by atoms with Crippen molar-refractivity contribution >= 4 is 11.8 Å². The Morgan fingerprint density at radius 2 is 2.00 bits per heavy atom. The summed E-state index contributed by atoms with van der Waals surface area (Å²) >= 11 is 0. The second-order valence-electron chi connectivity index (χ2n) is 3.64. The third-order valence-corrected chi connectivity index (χ3v) is 2.38. The van der Waals surface area contributed by atoms with Crippen molar-refractivity contribution in [1.29, 1.82) is 5.26 Å². The smallest absolute Gasteiger partial charge is 0.133 e. The van der Waals surface area contributed by atoms with E-state index in [1.807, 2.05) is 18.2 Å². The van der Waals surface area contributed by atoms with E-state index in [1.54, 1.807) is 6.21 Å². The van der Waals surface area contributed by atoms with E-state index in [9.17, 15) is 0 Å². The molecule has 2 nitrogen and oxygen atoms in total. The molecule has 0 spiro atoms. The van der Waals surface area contributed by atoms with Crippen LogP contribution in [-0.2, 0) is 0 Å². The maximum absolute atomic E-state index is 8.51. The second kappa shape index (κ2) is 5.09. The van der Waals surface area contributed by atoms with Gasteiger partial charge in [0.2, 0.25) is 0 Å². The van der Waals surface area contributed by atoms with E-state index in [0.717, 1.165) is 11.1 Å². The fourth-order valence-corrected chi connectivity index (χ4v) is 1.20. The first-order chi connectivity index (χ1) is 7.54. The molecule has 0 amide bonds. The van der Waals surface area contributed by atoms with E-state index in [2.05, 4.69) is 38.1 Å². The standard InChI is InChI=1S/C14H14N2/c1-10-5-6-14(7-11(10)2)12(3)9-16-13(4)8-15/h5-7,9H,3-4H2,1-2H3/b16-9+. The molecule has 0 saturated heterocycles. The van der Waals surface area contributed by atoms with Gasteiger partial charge in [-0.2, -0.15) is 5.26 Å². The first-order valence-corrected chi connectivity index (χ1v) is 4.94. The number of hydrogen-bond donors (Lipinski definition) is 0. The summed E-state index contributed by atoms with van der Waals surface area (Å²) in [6.07, 6.45) is 1.57. The van der Waals surface area contributed by atoms with Crippen LogP contribution in [0.4, 0.5) is 0 Å². The molecule has 1 rings (SSSR count). The predicted molar refractivity (Wildman–Crippen MR) is 68.2 cm³/mol. The van der Waals surface area contributed by atoms with Gasteiger partial charge in [-0.3, -0.25) is 0 Å². The van der Waals surface area contributed by atoms with Crippen LogP contribution in [0, 0.1) is 25.2 Å². The zero-order valence-electron chi connectivity index (χ0n) is 9.62. The topological polar surface area (TPSA) is 36.1 Å². The Labute approximate surface area is 96.3 Å². The molecule has 0 unspecified atom stereocenters. The molecule has 80 valence electrons. The number of nitrogens with zero attached hydrogens (tertiary/aromatic N) is 2. The zero-order valence-corrected chi connectivity index (χ0v) is 9.62. The van der Waals surface area contributed by atoms with E-state index in [4.69, 9.17) is 5.26 Å². The molecule has 0 aliphatic heterocycles. The first kappa shape index (κ1) is 11.9. The largest absolute Gasteiger partial charge is 0.246 e. The van der Waals surface area contributed by atoms with Gasteiger partial charge in [-0.25, -0.2) is 4.99 Å². The number of aliphatic imine (C=N–C) groups is 1. The Bertz CT molecular complexity index is 502. The SMILES string of the molecule is C=C(C#N)/N=C/C(=C)c1ccc(C)c(C)c1. The quantitative estimate of drug-likeness (QED) is 0.556. The van der Waals surface area contributed by atoms with Crippen LogP contribution in [0.25, 0.3) is 5.57 Å². The zero-order chi connectivity index (χ0) is 12.1. The van der Waals surface area contributed by atoms with Crippen molar-refractivity contribution in [3.05, 3.63) is 53.7 Å². The monoisotopic (exact) mass is 210 g/mol. The average molecular weight is 210 g/mol. The van der Waals surface area contributed by atoms with Gasteiger partial charge in [0.1, 0.15) is 11.8 Å². The van der Waals surface area contributed by atoms with Crippen LogP contribution < -0.4 is 0 Å². The van der Waals surface area contributed by atoms with E-state index >= 15 is 0 Å². The molecule has 0 heterocycles. The molecule has 0 saturated carbocycles. The highest BCUT2D eigenvalue weighted by molar-refractivity contribution is 6.09. The summed E-state index contributed by atoms with van der Waals surface area (Å²) in [6.45, 7) is 11.5. The number of benzene rings is 1. The molecule has 0 atom stereocenters. The lowest BCUT2D eigenvalue weighted by atomic mass is 10.0. The Hall–Kier alpha value is -2.14. The summed E-state index contributed by atoms with van der Waals surface area (Å²) in [5.74, 6) is 0. The van der Waals surface area contributed by atoms with Crippen molar-refractivity contribution < 1.29 is 0 Å². The first-order valence-electron chi connectivity index (χ1n) is 4.94. The minimum atomic E-state index is 0.185. The van der Waals surface area contributed by atoms with Gasteiger partial charge < -0.3 is 0 Å². The van der Waals surface area contributed by atoms with Crippen LogP contribution in [-0.4, -0.2) is 6.21 Å². The molecule has 0 fully saturated rings. The number of aryl methyl sites for hydroxylation is 2. The molecule has 1 aromatic carbocycles. The van der Waals surface area contributed by atoms with Gasteiger partial charge in [0, 0.05) is 6.21 Å². The number of allylic oxidation sites excluding steroid dienone is 2. The van der Waals surface area contributed by atoms with Crippen molar-refractivity contribution in [3.8, 4) is 6.07 Å². The molecule has 0 aliphatic carbocycles. The summed E-state index contributed by atoms with van der Waals surface area (Å²) in [4.78, 5) is 3.89. The fraction of sp³-hybridized carbons (Fsp3) is 0.143. The fourth-order valence-electron chi connectivity index (χ4n) is 1.20. The number of nitriles is 1. The number of rotatable bonds is 3. The van der Waals surface area contributed by atoms with Gasteiger partial charge in [-0.05, 0) is 36.1 Å². The second-order valence-corrected chi connectivity index (χ2v) is 3.64. The van der Waals surface area contributed by atoms with Crippen LogP contribution >= 0.6 is 0 Å². The summed E-state index contributed by atoms with van der Waals surface area (Å²) < 4.78 is 0. The Morgan fingerprint density at radius 1 is 1.31 bits per heavy atom. The maximum atomic E-state index is 8.51. The number of hydrogen-bond acceptors (Lipinski definition) is 2. The lowest BCUT2D eigenvalue weighted by molar-refractivity contribution is 1.33. The van der Waals surface area contributed by atoms with E-state index < -0.39 is 0 Å². The molecule has 0 aromatic heterocycles. The van der Waals surface area contributed by atoms with Gasteiger partial charge in [0.05, 0.1) is 0 Å². The lowest BCUT2D eigenvalue weighted by Gasteiger charge is -2.04. The summed E-state index contributed by atoms with van der Waals surface area (Å²) in [7, 11) is 0. The minimum absolute atomic E-state index is 0.185. The van der Waals surface area contributed by atoms with Crippen LogP contribution in [0.1, 0.15) is 16.7 Å². The molecule has 2 heteroatoms. The summed E-state index contributed by atoms with van der Waals surface area (Å²) in [5.41, 5.74) is 4.43. The third kappa shape index (κ3) is 2.93. The van der Waals surface area contributed by atoms with Gasteiger partial charge in [0.25, 0.3) is 0 Å². The van der Waals surface area contributed by atoms with E-state index in [-0.39, 0.29) is 5.70 Å².